The Balaban J connectivity index is 2.08. The third-order valence-electron chi connectivity index (χ3n) is 2.49. The van der Waals surface area contributed by atoms with Gasteiger partial charge in [-0.25, -0.2) is 4.98 Å². The number of benzene rings is 1. The van der Waals surface area contributed by atoms with Crippen LogP contribution in [0.3, 0.4) is 0 Å². The molecule has 0 spiro atoms. The molecule has 0 atom stereocenters. The third kappa shape index (κ3) is 3.00. The standard InChI is InChI=1S/C12H12ClN3OS/c1-7-4-8(11(14)17)2-3-10(7)15-5-9-6-16-12(13)18-9/h2-4,6,15H,5H2,1H3,(H2,14,17). The molecule has 2 aromatic rings. The average molecular weight is 282 g/mol. The van der Waals surface area contributed by atoms with E-state index < -0.39 is 5.91 Å². The molecule has 0 aliphatic heterocycles. The van der Waals surface area contributed by atoms with Gasteiger partial charge in [-0.15, -0.1) is 11.3 Å². The molecule has 0 saturated heterocycles. The number of rotatable bonds is 4. The lowest BCUT2D eigenvalue weighted by molar-refractivity contribution is 0.1000. The quantitative estimate of drug-likeness (QED) is 0.905. The van der Waals surface area contributed by atoms with Gasteiger partial charge in [0.2, 0.25) is 5.91 Å². The lowest BCUT2D eigenvalue weighted by Crippen LogP contribution is -2.11. The Kier molecular flexibility index (Phi) is 3.84. The molecule has 1 aromatic carbocycles. The van der Waals surface area contributed by atoms with Crippen LogP contribution < -0.4 is 11.1 Å². The highest BCUT2D eigenvalue weighted by Gasteiger charge is 2.05. The maximum absolute atomic E-state index is 11.0. The second-order valence-electron chi connectivity index (χ2n) is 3.83. The van der Waals surface area contributed by atoms with Crippen molar-refractivity contribution in [3.8, 4) is 0 Å². The molecule has 0 radical (unpaired) electrons. The summed E-state index contributed by atoms with van der Waals surface area (Å²) in [4.78, 5) is 16.1. The first-order chi connectivity index (χ1) is 8.56. The lowest BCUT2D eigenvalue weighted by Gasteiger charge is -2.09. The highest BCUT2D eigenvalue weighted by atomic mass is 35.5. The van der Waals surface area contributed by atoms with E-state index in [0.717, 1.165) is 16.1 Å². The number of primary amides is 1. The zero-order chi connectivity index (χ0) is 13.1. The largest absolute Gasteiger partial charge is 0.380 e. The molecule has 3 N–H and O–H groups in total. The van der Waals surface area contributed by atoms with Gasteiger partial charge in [0.15, 0.2) is 4.47 Å². The number of carbonyl (C=O) groups excluding carboxylic acids is 1. The Hall–Kier alpha value is -1.59. The molecule has 0 unspecified atom stereocenters. The van der Waals surface area contributed by atoms with Crippen LogP contribution in [0.2, 0.25) is 4.47 Å². The fourth-order valence-corrected chi connectivity index (χ4v) is 2.48. The van der Waals surface area contributed by atoms with Gasteiger partial charge in [0, 0.05) is 22.3 Å². The number of hydrogen-bond acceptors (Lipinski definition) is 4. The van der Waals surface area contributed by atoms with Crippen LogP contribution in [0.25, 0.3) is 0 Å². The SMILES string of the molecule is Cc1cc(C(N)=O)ccc1NCc1cnc(Cl)s1. The van der Waals surface area contributed by atoms with Crippen LogP contribution in [-0.2, 0) is 6.54 Å². The van der Waals surface area contributed by atoms with Crippen LogP contribution in [0.15, 0.2) is 24.4 Å². The van der Waals surface area contributed by atoms with Crippen molar-refractivity contribution in [1.82, 2.24) is 4.98 Å². The van der Waals surface area contributed by atoms with E-state index in [4.69, 9.17) is 17.3 Å². The first kappa shape index (κ1) is 12.9. The average Bonchev–Trinajstić information content (AvgIpc) is 2.73. The second kappa shape index (κ2) is 5.37. The predicted molar refractivity (Wildman–Crippen MR) is 74.1 cm³/mol. The van der Waals surface area contributed by atoms with Gasteiger partial charge in [-0.2, -0.15) is 0 Å². The molecule has 0 aliphatic carbocycles. The Bertz CT molecular complexity index is 582. The zero-order valence-corrected chi connectivity index (χ0v) is 11.3. The van der Waals surface area contributed by atoms with Crippen molar-refractivity contribution in [2.45, 2.75) is 13.5 Å². The number of anilines is 1. The van der Waals surface area contributed by atoms with Crippen molar-refractivity contribution in [2.24, 2.45) is 5.73 Å². The van der Waals surface area contributed by atoms with Crippen LogP contribution in [0.4, 0.5) is 5.69 Å². The molecule has 4 nitrogen and oxygen atoms in total. The molecule has 1 aromatic heterocycles. The van der Waals surface area contributed by atoms with E-state index in [2.05, 4.69) is 10.3 Å². The topological polar surface area (TPSA) is 68.0 Å². The number of thiazole rings is 1. The number of nitrogens with one attached hydrogen (secondary N) is 1. The van der Waals surface area contributed by atoms with Crippen LogP contribution in [0.5, 0.6) is 0 Å². The highest BCUT2D eigenvalue weighted by Crippen LogP contribution is 2.21. The number of nitrogens with zero attached hydrogens (tertiary/aromatic N) is 1. The molecule has 0 bridgehead atoms. The van der Waals surface area contributed by atoms with E-state index in [1.807, 2.05) is 13.0 Å². The first-order valence-electron chi connectivity index (χ1n) is 5.31. The van der Waals surface area contributed by atoms with E-state index in [0.29, 0.717) is 16.6 Å². The monoisotopic (exact) mass is 281 g/mol. The molecule has 18 heavy (non-hydrogen) atoms. The smallest absolute Gasteiger partial charge is 0.248 e. The Morgan fingerprint density at radius 1 is 1.56 bits per heavy atom. The fraction of sp³-hybridized carbons (Fsp3) is 0.167. The van der Waals surface area contributed by atoms with Gasteiger partial charge in [0.25, 0.3) is 0 Å². The van der Waals surface area contributed by atoms with Gasteiger partial charge in [-0.3, -0.25) is 4.79 Å². The van der Waals surface area contributed by atoms with E-state index >= 15 is 0 Å². The molecular formula is C12H12ClN3OS. The number of halogens is 1. The third-order valence-corrected chi connectivity index (χ3v) is 3.60. The minimum atomic E-state index is -0.418. The predicted octanol–water partition coefficient (Wildman–Crippen LogP) is 2.82. The number of carbonyl (C=O) groups is 1. The molecule has 1 amide bonds. The van der Waals surface area contributed by atoms with Crippen LogP contribution in [0.1, 0.15) is 20.8 Å². The van der Waals surface area contributed by atoms with E-state index in [1.54, 1.807) is 18.3 Å². The van der Waals surface area contributed by atoms with Crippen LogP contribution in [0, 0.1) is 6.92 Å². The van der Waals surface area contributed by atoms with Gasteiger partial charge in [0.05, 0.1) is 6.54 Å². The molecule has 1 heterocycles. The van der Waals surface area contributed by atoms with E-state index in [1.165, 1.54) is 11.3 Å². The molecule has 0 saturated carbocycles. The molecule has 0 aliphatic rings. The van der Waals surface area contributed by atoms with E-state index in [-0.39, 0.29) is 0 Å². The van der Waals surface area contributed by atoms with Crippen LogP contribution >= 0.6 is 22.9 Å². The van der Waals surface area contributed by atoms with Crippen molar-refractivity contribution >= 4 is 34.5 Å². The maximum Gasteiger partial charge on any atom is 0.248 e. The summed E-state index contributed by atoms with van der Waals surface area (Å²) in [6, 6.07) is 5.32. The number of nitrogens with two attached hydrogens (primary N) is 1. The normalized spacial score (nSPS) is 10.3. The summed E-state index contributed by atoms with van der Waals surface area (Å²) in [6.07, 6.45) is 1.74. The summed E-state index contributed by atoms with van der Waals surface area (Å²) in [6.45, 7) is 2.58. The Morgan fingerprint density at radius 2 is 2.33 bits per heavy atom. The van der Waals surface area contributed by atoms with Crippen molar-refractivity contribution < 1.29 is 4.79 Å². The van der Waals surface area contributed by atoms with Gasteiger partial charge in [0.1, 0.15) is 0 Å². The van der Waals surface area contributed by atoms with Gasteiger partial charge < -0.3 is 11.1 Å². The minimum absolute atomic E-state index is 0.418. The Labute approximate surface area is 114 Å². The van der Waals surface area contributed by atoms with Gasteiger partial charge in [-0.05, 0) is 30.7 Å². The van der Waals surface area contributed by atoms with Crippen molar-refractivity contribution in [3.05, 3.63) is 44.9 Å². The lowest BCUT2D eigenvalue weighted by atomic mass is 10.1. The van der Waals surface area contributed by atoms with Crippen molar-refractivity contribution in [3.63, 3.8) is 0 Å². The summed E-state index contributed by atoms with van der Waals surface area (Å²) < 4.78 is 0.535. The number of aryl methyl sites for hydroxylation is 1. The first-order valence-corrected chi connectivity index (χ1v) is 6.50. The van der Waals surface area contributed by atoms with E-state index in [9.17, 15) is 4.79 Å². The maximum atomic E-state index is 11.0. The summed E-state index contributed by atoms with van der Waals surface area (Å²) in [5, 5.41) is 3.27. The molecular weight excluding hydrogens is 270 g/mol. The summed E-state index contributed by atoms with van der Waals surface area (Å²) in [7, 11) is 0. The van der Waals surface area contributed by atoms with Crippen molar-refractivity contribution in [1.29, 1.82) is 0 Å². The Morgan fingerprint density at radius 3 is 2.89 bits per heavy atom. The molecule has 0 fully saturated rings. The molecule has 6 heteroatoms. The van der Waals surface area contributed by atoms with Crippen LogP contribution in [-0.4, -0.2) is 10.9 Å². The minimum Gasteiger partial charge on any atom is -0.380 e. The summed E-state index contributed by atoms with van der Waals surface area (Å²) in [5.74, 6) is -0.418. The number of hydrogen-bond donors (Lipinski definition) is 2. The van der Waals surface area contributed by atoms with Gasteiger partial charge >= 0.3 is 0 Å². The summed E-state index contributed by atoms with van der Waals surface area (Å²) in [5.41, 5.74) is 7.67. The number of aromatic nitrogens is 1. The molecule has 94 valence electrons. The summed E-state index contributed by atoms with van der Waals surface area (Å²) >= 11 is 7.20. The molecule has 2 rings (SSSR count). The van der Waals surface area contributed by atoms with Crippen molar-refractivity contribution in [2.75, 3.05) is 5.32 Å². The second-order valence-corrected chi connectivity index (χ2v) is 5.52. The highest BCUT2D eigenvalue weighted by molar-refractivity contribution is 7.15. The zero-order valence-electron chi connectivity index (χ0n) is 9.74. The fourth-order valence-electron chi connectivity index (χ4n) is 1.56. The number of amides is 1. The van der Waals surface area contributed by atoms with Gasteiger partial charge in [-0.1, -0.05) is 11.6 Å².